The number of nitrogens with one attached hydrogen (secondary N) is 2. The molecule has 2 aromatic rings. The van der Waals surface area contributed by atoms with Crippen LogP contribution in [0.2, 0.25) is 10.0 Å². The van der Waals surface area contributed by atoms with E-state index in [9.17, 15) is 18.0 Å². The van der Waals surface area contributed by atoms with Gasteiger partial charge in [0.05, 0.1) is 16.3 Å². The zero-order valence-electron chi connectivity index (χ0n) is 12.9. The lowest BCUT2D eigenvalue weighted by atomic mass is 10.2. The summed E-state index contributed by atoms with van der Waals surface area (Å²) in [6.45, 7) is 0. The van der Waals surface area contributed by atoms with Crippen LogP contribution < -0.4 is 10.6 Å². The van der Waals surface area contributed by atoms with E-state index in [0.29, 0.717) is 5.02 Å². The lowest BCUT2D eigenvalue weighted by molar-refractivity contribution is -0.137. The molecule has 0 aliphatic rings. The summed E-state index contributed by atoms with van der Waals surface area (Å²) in [5, 5.41) is 14.5. The van der Waals surface area contributed by atoms with Crippen molar-refractivity contribution in [1.29, 1.82) is 5.26 Å². The molecule has 0 saturated carbocycles. The van der Waals surface area contributed by atoms with Gasteiger partial charge in [-0.05, 0) is 36.4 Å². The summed E-state index contributed by atoms with van der Waals surface area (Å²) in [5.41, 5.74) is -0.950. The van der Waals surface area contributed by atoms with Crippen LogP contribution in [0.1, 0.15) is 5.56 Å². The molecule has 2 N–H and O–H groups in total. The second kappa shape index (κ2) is 8.13. The number of anilines is 2. The average molecular weight is 400 g/mol. The Hall–Kier alpha value is -2.69. The first-order valence-electron chi connectivity index (χ1n) is 7.01. The van der Waals surface area contributed by atoms with Crippen LogP contribution in [0.3, 0.4) is 0 Å². The highest BCUT2D eigenvalue weighted by Crippen LogP contribution is 2.30. The number of rotatable bonds is 4. The summed E-state index contributed by atoms with van der Waals surface area (Å²) in [4.78, 5) is 12.1. The number of nitrogens with zero attached hydrogens (tertiary/aromatic N) is 1. The molecule has 0 bridgehead atoms. The molecule has 0 fully saturated rings. The highest BCUT2D eigenvalue weighted by molar-refractivity contribution is 6.35. The standard InChI is InChI=1S/C17H10Cl2F3N3O/c18-12-4-5-14(19)15(7-12)25-16(26)10(8-23)9-24-13-3-1-2-11(6-13)17(20,21)22/h1-7,9,24H,(H,25,26)/b10-9-. The molecule has 0 aromatic heterocycles. The Morgan fingerprint density at radius 1 is 1.15 bits per heavy atom. The van der Waals surface area contributed by atoms with Crippen molar-refractivity contribution in [1.82, 2.24) is 0 Å². The number of hydrogen-bond acceptors (Lipinski definition) is 3. The van der Waals surface area contributed by atoms with Crippen molar-refractivity contribution >= 4 is 40.5 Å². The van der Waals surface area contributed by atoms with Gasteiger partial charge in [0.15, 0.2) is 0 Å². The van der Waals surface area contributed by atoms with Crippen LogP contribution in [0.15, 0.2) is 54.2 Å². The van der Waals surface area contributed by atoms with Gasteiger partial charge in [-0.3, -0.25) is 4.79 Å². The summed E-state index contributed by atoms with van der Waals surface area (Å²) in [7, 11) is 0. The van der Waals surface area contributed by atoms with E-state index in [1.165, 1.54) is 30.3 Å². The van der Waals surface area contributed by atoms with E-state index in [0.717, 1.165) is 18.3 Å². The summed E-state index contributed by atoms with van der Waals surface area (Å²) < 4.78 is 38.1. The van der Waals surface area contributed by atoms with E-state index in [-0.39, 0.29) is 22.0 Å². The number of amides is 1. The van der Waals surface area contributed by atoms with Crippen molar-refractivity contribution < 1.29 is 18.0 Å². The van der Waals surface area contributed by atoms with E-state index in [4.69, 9.17) is 28.5 Å². The molecule has 134 valence electrons. The van der Waals surface area contributed by atoms with Crippen LogP contribution in [-0.2, 0) is 11.0 Å². The Morgan fingerprint density at radius 2 is 1.88 bits per heavy atom. The highest BCUT2D eigenvalue weighted by atomic mass is 35.5. The molecule has 2 aromatic carbocycles. The summed E-state index contributed by atoms with van der Waals surface area (Å²) in [6.07, 6.45) is -3.50. The fraction of sp³-hybridized carbons (Fsp3) is 0.0588. The Balaban J connectivity index is 2.16. The number of carbonyl (C=O) groups excluding carboxylic acids is 1. The second-order valence-corrected chi connectivity index (χ2v) is 5.81. The van der Waals surface area contributed by atoms with Gasteiger partial charge >= 0.3 is 6.18 Å². The van der Waals surface area contributed by atoms with Gasteiger partial charge in [-0.15, -0.1) is 0 Å². The van der Waals surface area contributed by atoms with Crippen LogP contribution >= 0.6 is 23.2 Å². The Bertz CT molecular complexity index is 905. The fourth-order valence-electron chi connectivity index (χ4n) is 1.87. The largest absolute Gasteiger partial charge is 0.416 e. The smallest absolute Gasteiger partial charge is 0.360 e. The van der Waals surface area contributed by atoms with Crippen LogP contribution in [0.4, 0.5) is 24.5 Å². The maximum Gasteiger partial charge on any atom is 0.416 e. The maximum atomic E-state index is 12.7. The molecule has 1 amide bonds. The molecule has 0 heterocycles. The van der Waals surface area contributed by atoms with Gasteiger partial charge in [0.25, 0.3) is 5.91 Å². The molecule has 0 unspecified atom stereocenters. The van der Waals surface area contributed by atoms with Gasteiger partial charge in [0, 0.05) is 16.9 Å². The zero-order chi connectivity index (χ0) is 19.3. The van der Waals surface area contributed by atoms with Gasteiger partial charge in [-0.25, -0.2) is 0 Å². The van der Waals surface area contributed by atoms with Crippen LogP contribution in [0.5, 0.6) is 0 Å². The molecule has 9 heteroatoms. The van der Waals surface area contributed by atoms with Crippen molar-refractivity contribution in [3.63, 3.8) is 0 Å². The number of alkyl halides is 3. The third kappa shape index (κ3) is 5.15. The van der Waals surface area contributed by atoms with Gasteiger partial charge in [-0.1, -0.05) is 29.3 Å². The summed E-state index contributed by atoms with van der Waals surface area (Å²) >= 11 is 11.7. The first kappa shape index (κ1) is 19.6. The minimum absolute atomic E-state index is 0.0705. The van der Waals surface area contributed by atoms with Crippen molar-refractivity contribution in [2.24, 2.45) is 0 Å². The molecule has 2 rings (SSSR count). The Kier molecular flexibility index (Phi) is 6.14. The molecule has 0 aliphatic heterocycles. The molecule has 0 spiro atoms. The van der Waals surface area contributed by atoms with Crippen molar-refractivity contribution in [3.05, 3.63) is 69.8 Å². The first-order chi connectivity index (χ1) is 12.2. The predicted octanol–water partition coefficient (Wildman–Crippen LogP) is 5.47. The normalized spacial score (nSPS) is 11.6. The minimum atomic E-state index is -4.50. The molecule has 0 aliphatic carbocycles. The monoisotopic (exact) mass is 399 g/mol. The third-order valence-corrected chi connectivity index (χ3v) is 3.68. The van der Waals surface area contributed by atoms with E-state index in [2.05, 4.69) is 10.6 Å². The first-order valence-corrected chi connectivity index (χ1v) is 7.77. The van der Waals surface area contributed by atoms with Crippen LogP contribution in [0, 0.1) is 11.3 Å². The van der Waals surface area contributed by atoms with Crippen LogP contribution in [-0.4, -0.2) is 5.91 Å². The molecular weight excluding hydrogens is 390 g/mol. The Labute approximate surface area is 156 Å². The molecular formula is C17H10Cl2F3N3O. The number of nitriles is 1. The number of benzene rings is 2. The van der Waals surface area contributed by atoms with E-state index < -0.39 is 17.6 Å². The molecule has 26 heavy (non-hydrogen) atoms. The Morgan fingerprint density at radius 3 is 2.54 bits per heavy atom. The van der Waals surface area contributed by atoms with Crippen molar-refractivity contribution in [2.45, 2.75) is 6.18 Å². The van der Waals surface area contributed by atoms with Crippen LogP contribution in [0.25, 0.3) is 0 Å². The second-order valence-electron chi connectivity index (χ2n) is 4.97. The van der Waals surface area contributed by atoms with Gasteiger partial charge in [-0.2, -0.15) is 18.4 Å². The summed E-state index contributed by atoms with van der Waals surface area (Å²) in [5.74, 6) is -0.795. The maximum absolute atomic E-state index is 12.7. The molecule has 0 saturated heterocycles. The average Bonchev–Trinajstić information content (AvgIpc) is 2.58. The highest BCUT2D eigenvalue weighted by Gasteiger charge is 2.30. The third-order valence-electron chi connectivity index (χ3n) is 3.11. The summed E-state index contributed by atoms with van der Waals surface area (Å²) in [6, 6.07) is 10.4. The fourth-order valence-corrected chi connectivity index (χ4v) is 2.21. The quantitative estimate of drug-likeness (QED) is 0.529. The van der Waals surface area contributed by atoms with E-state index >= 15 is 0 Å². The zero-order valence-corrected chi connectivity index (χ0v) is 14.4. The number of hydrogen-bond donors (Lipinski definition) is 2. The van der Waals surface area contributed by atoms with E-state index in [1.807, 2.05) is 0 Å². The van der Waals surface area contributed by atoms with Crippen molar-refractivity contribution in [2.75, 3.05) is 10.6 Å². The lowest BCUT2D eigenvalue weighted by Crippen LogP contribution is -2.15. The molecule has 0 radical (unpaired) electrons. The minimum Gasteiger partial charge on any atom is -0.360 e. The molecule has 4 nitrogen and oxygen atoms in total. The van der Waals surface area contributed by atoms with Gasteiger partial charge < -0.3 is 10.6 Å². The molecule has 0 atom stereocenters. The topological polar surface area (TPSA) is 64.9 Å². The van der Waals surface area contributed by atoms with Gasteiger partial charge in [0.2, 0.25) is 0 Å². The lowest BCUT2D eigenvalue weighted by Gasteiger charge is -2.09. The van der Waals surface area contributed by atoms with E-state index in [1.54, 1.807) is 6.07 Å². The number of halogens is 5. The predicted molar refractivity (Wildman–Crippen MR) is 93.9 cm³/mol. The van der Waals surface area contributed by atoms with Crippen molar-refractivity contribution in [3.8, 4) is 6.07 Å². The SMILES string of the molecule is N#C/C(=C/Nc1cccc(C(F)(F)F)c1)C(=O)Nc1cc(Cl)ccc1Cl. The number of carbonyl (C=O) groups is 1. The van der Waals surface area contributed by atoms with Gasteiger partial charge in [0.1, 0.15) is 11.6 Å².